The van der Waals surface area contributed by atoms with Gasteiger partial charge in [0.05, 0.1) is 18.8 Å². The first-order valence-electron chi connectivity index (χ1n) is 10.5. The van der Waals surface area contributed by atoms with Crippen LogP contribution >= 0.6 is 11.6 Å². The van der Waals surface area contributed by atoms with E-state index in [1.54, 1.807) is 4.90 Å². The quantitative estimate of drug-likeness (QED) is 0.665. The van der Waals surface area contributed by atoms with Crippen molar-refractivity contribution in [1.29, 1.82) is 0 Å². The molecular weight excluding hydrogens is 412 g/mol. The average Bonchev–Trinajstić information content (AvgIpc) is 3.32. The lowest BCUT2D eigenvalue weighted by molar-refractivity contribution is -0.122. The van der Waals surface area contributed by atoms with Crippen molar-refractivity contribution in [1.82, 2.24) is 20.0 Å². The molecule has 1 atom stereocenters. The number of carbonyl (C=O) groups excluding carboxylic acids is 2. The van der Waals surface area contributed by atoms with Gasteiger partial charge in [0.15, 0.2) is 0 Å². The fourth-order valence-electron chi connectivity index (χ4n) is 4.52. The summed E-state index contributed by atoms with van der Waals surface area (Å²) in [5, 5.41) is 8.43. The molecule has 0 radical (unpaired) electrons. The molecule has 0 unspecified atom stereocenters. The highest BCUT2D eigenvalue weighted by atomic mass is 35.5. The van der Waals surface area contributed by atoms with E-state index >= 15 is 0 Å². The molecule has 1 aliphatic carbocycles. The zero-order chi connectivity index (χ0) is 21.4. The lowest BCUT2D eigenvalue weighted by Gasteiger charge is -2.25. The van der Waals surface area contributed by atoms with Gasteiger partial charge in [-0.15, -0.1) is 0 Å². The molecule has 2 aliphatic rings. The Labute approximate surface area is 185 Å². The average molecular weight is 435 g/mol. The minimum Gasteiger partial charge on any atom is -0.348 e. The third-order valence-corrected chi connectivity index (χ3v) is 6.33. The molecule has 1 N–H and O–H groups in total. The normalized spacial score (nSPS) is 17.4. The van der Waals surface area contributed by atoms with Gasteiger partial charge in [-0.3, -0.25) is 14.3 Å². The summed E-state index contributed by atoms with van der Waals surface area (Å²) < 4.78 is 2.01. The molecule has 0 saturated heterocycles. The number of hydrogen-bond donors (Lipinski definition) is 1. The lowest BCUT2D eigenvalue weighted by Crippen LogP contribution is -2.39. The van der Waals surface area contributed by atoms with Gasteiger partial charge in [0, 0.05) is 28.4 Å². The van der Waals surface area contributed by atoms with Crippen LogP contribution in [0.3, 0.4) is 0 Å². The van der Waals surface area contributed by atoms with Crippen LogP contribution in [-0.4, -0.2) is 33.0 Å². The van der Waals surface area contributed by atoms with Gasteiger partial charge >= 0.3 is 0 Å². The van der Waals surface area contributed by atoms with Gasteiger partial charge in [0.2, 0.25) is 5.91 Å². The van der Waals surface area contributed by atoms with Crippen molar-refractivity contribution in [2.45, 2.75) is 38.4 Å². The van der Waals surface area contributed by atoms with E-state index in [4.69, 9.17) is 11.6 Å². The second-order valence-corrected chi connectivity index (χ2v) is 8.60. The topological polar surface area (TPSA) is 67.2 Å². The van der Waals surface area contributed by atoms with Gasteiger partial charge in [-0.2, -0.15) is 5.10 Å². The molecule has 0 saturated carbocycles. The minimum absolute atomic E-state index is 0.0677. The second kappa shape index (κ2) is 8.19. The first-order chi connectivity index (χ1) is 15.1. The number of benzene rings is 2. The molecule has 1 aliphatic heterocycles. The predicted molar refractivity (Wildman–Crippen MR) is 118 cm³/mol. The van der Waals surface area contributed by atoms with Crippen LogP contribution in [0.15, 0.2) is 54.7 Å². The summed E-state index contributed by atoms with van der Waals surface area (Å²) in [5.74, 6) is -0.213. The summed E-state index contributed by atoms with van der Waals surface area (Å²) in [5.41, 5.74) is 5.04. The van der Waals surface area contributed by atoms with Gasteiger partial charge in [0.1, 0.15) is 6.54 Å². The van der Waals surface area contributed by atoms with E-state index in [0.29, 0.717) is 23.7 Å². The van der Waals surface area contributed by atoms with Crippen LogP contribution < -0.4 is 5.32 Å². The van der Waals surface area contributed by atoms with E-state index < -0.39 is 0 Å². The summed E-state index contributed by atoms with van der Waals surface area (Å²) in [6, 6.07) is 15.2. The molecule has 2 amide bonds. The largest absolute Gasteiger partial charge is 0.348 e. The van der Waals surface area contributed by atoms with Crippen LogP contribution in [0.2, 0.25) is 5.02 Å². The van der Waals surface area contributed by atoms with E-state index in [9.17, 15) is 9.59 Å². The summed E-state index contributed by atoms with van der Waals surface area (Å²) in [7, 11) is 0. The molecule has 0 spiro atoms. The van der Waals surface area contributed by atoms with Crippen LogP contribution in [0.5, 0.6) is 0 Å². The fourth-order valence-corrected chi connectivity index (χ4v) is 4.65. The maximum Gasteiger partial charge on any atom is 0.254 e. The second-order valence-electron chi connectivity index (χ2n) is 8.16. The molecule has 3 aromatic rings. The Kier molecular flexibility index (Phi) is 5.24. The molecule has 0 bridgehead atoms. The third-order valence-electron chi connectivity index (χ3n) is 6.07. The Hall–Kier alpha value is -3.12. The lowest BCUT2D eigenvalue weighted by atomic mass is 9.93. The van der Waals surface area contributed by atoms with Crippen molar-refractivity contribution in [3.8, 4) is 0 Å². The van der Waals surface area contributed by atoms with Gasteiger partial charge in [-0.05, 0) is 48.6 Å². The van der Waals surface area contributed by atoms with Crippen LogP contribution in [-0.2, 0) is 24.3 Å². The van der Waals surface area contributed by atoms with Crippen molar-refractivity contribution in [3.05, 3.63) is 87.7 Å². The molecule has 1 aromatic heterocycles. The Morgan fingerprint density at radius 2 is 1.97 bits per heavy atom. The molecule has 5 rings (SSSR count). The van der Waals surface area contributed by atoms with Crippen molar-refractivity contribution in [2.75, 3.05) is 6.54 Å². The number of hydrogen-bond acceptors (Lipinski definition) is 3. The Morgan fingerprint density at radius 3 is 2.77 bits per heavy atom. The maximum atomic E-state index is 12.8. The summed E-state index contributed by atoms with van der Waals surface area (Å²) in [4.78, 5) is 26.9. The first kappa shape index (κ1) is 19.8. The van der Waals surface area contributed by atoms with Crippen LogP contribution in [0.25, 0.3) is 0 Å². The number of amides is 2. The molecule has 31 heavy (non-hydrogen) atoms. The summed E-state index contributed by atoms with van der Waals surface area (Å²) >= 11 is 5.99. The van der Waals surface area contributed by atoms with Crippen molar-refractivity contribution in [2.24, 2.45) is 0 Å². The number of nitrogens with one attached hydrogen (secondary N) is 1. The highest BCUT2D eigenvalue weighted by Gasteiger charge is 2.30. The molecule has 158 valence electrons. The summed E-state index contributed by atoms with van der Waals surface area (Å²) in [6.07, 6.45) is 4.67. The van der Waals surface area contributed by atoms with E-state index in [1.807, 2.05) is 59.4 Å². The maximum absolute atomic E-state index is 12.8. The van der Waals surface area contributed by atoms with Crippen LogP contribution in [0, 0.1) is 0 Å². The monoisotopic (exact) mass is 434 g/mol. The summed E-state index contributed by atoms with van der Waals surface area (Å²) in [6.45, 7) is 1.23. The SMILES string of the molecule is O=C(CN1Cc2ccccc2C1=O)N[C@H]1CCCc2c1cnn2Cc1ccc(Cl)cc1. The van der Waals surface area contributed by atoms with E-state index in [1.165, 1.54) is 0 Å². The molecule has 7 heteroatoms. The number of rotatable bonds is 5. The zero-order valence-corrected chi connectivity index (χ0v) is 17.8. The van der Waals surface area contributed by atoms with Gasteiger partial charge in [0.25, 0.3) is 5.91 Å². The Balaban J connectivity index is 1.26. The van der Waals surface area contributed by atoms with Crippen molar-refractivity contribution in [3.63, 3.8) is 0 Å². The van der Waals surface area contributed by atoms with Crippen molar-refractivity contribution < 1.29 is 9.59 Å². The van der Waals surface area contributed by atoms with E-state index in [-0.39, 0.29) is 24.4 Å². The van der Waals surface area contributed by atoms with Crippen LogP contribution in [0.1, 0.15) is 51.6 Å². The number of halogens is 1. The molecule has 2 aromatic carbocycles. The minimum atomic E-state index is -0.135. The number of aromatic nitrogens is 2. The molecule has 6 nitrogen and oxygen atoms in total. The van der Waals surface area contributed by atoms with Crippen LogP contribution in [0.4, 0.5) is 0 Å². The zero-order valence-electron chi connectivity index (χ0n) is 17.1. The van der Waals surface area contributed by atoms with Crippen molar-refractivity contribution >= 4 is 23.4 Å². The number of carbonyl (C=O) groups is 2. The highest BCUT2D eigenvalue weighted by molar-refractivity contribution is 6.30. The van der Waals surface area contributed by atoms with E-state index in [2.05, 4.69) is 10.4 Å². The standard InChI is InChI=1S/C24H23ClN4O2/c25-18-10-8-16(9-11-18)13-29-22-7-3-6-21(20(22)12-26-29)27-23(30)15-28-14-17-4-1-2-5-19(17)24(28)31/h1-2,4-5,8-12,21H,3,6-7,13-15H2,(H,27,30)/t21-/m0/s1. The number of fused-ring (bicyclic) bond motifs is 2. The highest BCUT2D eigenvalue weighted by Crippen LogP contribution is 2.30. The smallest absolute Gasteiger partial charge is 0.254 e. The van der Waals surface area contributed by atoms with Gasteiger partial charge < -0.3 is 10.2 Å². The Bertz CT molecular complexity index is 1140. The predicted octanol–water partition coefficient (Wildman–Crippen LogP) is 3.73. The third kappa shape index (κ3) is 3.95. The fraction of sp³-hybridized carbons (Fsp3) is 0.292. The first-order valence-corrected chi connectivity index (χ1v) is 10.9. The molecule has 0 fully saturated rings. The van der Waals surface area contributed by atoms with Gasteiger partial charge in [-0.25, -0.2) is 0 Å². The molecule has 2 heterocycles. The van der Waals surface area contributed by atoms with E-state index in [0.717, 1.165) is 41.6 Å². The number of nitrogens with zero attached hydrogens (tertiary/aromatic N) is 3. The Morgan fingerprint density at radius 1 is 1.16 bits per heavy atom. The molecular formula is C24H23ClN4O2. The van der Waals surface area contributed by atoms with Gasteiger partial charge in [-0.1, -0.05) is 41.9 Å².